The molecule has 0 spiro atoms. The number of likely N-dealkylation sites (tertiary alicyclic amines) is 1. The molecule has 0 bridgehead atoms. The van der Waals surface area contributed by atoms with Crippen LogP contribution in [0.5, 0.6) is 0 Å². The first-order chi connectivity index (χ1) is 10.1. The minimum absolute atomic E-state index is 0.581. The number of carboxylic acids is 1. The molecule has 2 rings (SSSR count). The molecule has 0 aliphatic carbocycles. The number of carbonyl (C=O) groups is 1. The second-order valence-electron chi connectivity index (χ2n) is 6.10. The highest BCUT2D eigenvalue weighted by Crippen LogP contribution is 2.26. The third-order valence-electron chi connectivity index (χ3n) is 4.74. The van der Waals surface area contributed by atoms with Crippen molar-refractivity contribution in [2.45, 2.75) is 31.7 Å². The zero-order valence-corrected chi connectivity index (χ0v) is 13.0. The third kappa shape index (κ3) is 3.63. The van der Waals surface area contributed by atoms with E-state index in [0.29, 0.717) is 6.42 Å². The summed E-state index contributed by atoms with van der Waals surface area (Å²) in [5, 5.41) is 12.8. The Balaban J connectivity index is 2.09. The van der Waals surface area contributed by atoms with E-state index in [-0.39, 0.29) is 0 Å². The quantitative estimate of drug-likeness (QED) is 0.844. The van der Waals surface area contributed by atoms with Gasteiger partial charge in [0, 0.05) is 6.54 Å². The van der Waals surface area contributed by atoms with E-state index in [4.69, 9.17) is 0 Å². The van der Waals surface area contributed by atoms with Crippen LogP contribution in [0.25, 0.3) is 0 Å². The lowest BCUT2D eigenvalue weighted by Gasteiger charge is -2.35. The van der Waals surface area contributed by atoms with Gasteiger partial charge in [0.25, 0.3) is 0 Å². The molecule has 1 aliphatic rings. The van der Waals surface area contributed by atoms with Crippen LogP contribution in [-0.2, 0) is 10.3 Å². The highest BCUT2D eigenvalue weighted by atomic mass is 16.4. The molecule has 21 heavy (non-hydrogen) atoms. The molecule has 0 radical (unpaired) electrons. The van der Waals surface area contributed by atoms with Crippen molar-refractivity contribution in [3.05, 3.63) is 35.9 Å². The van der Waals surface area contributed by atoms with Crippen LogP contribution in [-0.4, -0.2) is 42.7 Å². The third-order valence-corrected chi connectivity index (χ3v) is 4.74. The molecule has 1 unspecified atom stereocenters. The van der Waals surface area contributed by atoms with E-state index in [1.807, 2.05) is 30.3 Å². The van der Waals surface area contributed by atoms with E-state index in [2.05, 4.69) is 17.1 Å². The van der Waals surface area contributed by atoms with Crippen LogP contribution in [0.3, 0.4) is 0 Å². The molecule has 4 nitrogen and oxygen atoms in total. The van der Waals surface area contributed by atoms with E-state index in [1.165, 1.54) is 12.8 Å². The summed E-state index contributed by atoms with van der Waals surface area (Å²) in [7, 11) is 1.74. The Bertz CT molecular complexity index is 455. The van der Waals surface area contributed by atoms with Gasteiger partial charge in [-0.05, 0) is 50.9 Å². The Morgan fingerprint density at radius 2 is 1.95 bits per heavy atom. The fraction of sp³-hybridized carbons (Fsp3) is 0.588. The fourth-order valence-electron chi connectivity index (χ4n) is 3.09. The van der Waals surface area contributed by atoms with Crippen molar-refractivity contribution < 1.29 is 9.90 Å². The van der Waals surface area contributed by atoms with E-state index >= 15 is 0 Å². The van der Waals surface area contributed by atoms with Crippen molar-refractivity contribution in [3.8, 4) is 0 Å². The van der Waals surface area contributed by atoms with E-state index in [0.717, 1.165) is 31.1 Å². The number of carboxylic acid groups (broad SMARTS) is 1. The van der Waals surface area contributed by atoms with Crippen molar-refractivity contribution in [2.24, 2.45) is 5.92 Å². The number of nitrogens with zero attached hydrogens (tertiary/aromatic N) is 1. The monoisotopic (exact) mass is 290 g/mol. The lowest BCUT2D eigenvalue weighted by molar-refractivity contribution is -0.145. The number of benzene rings is 1. The van der Waals surface area contributed by atoms with Crippen molar-refractivity contribution >= 4 is 5.97 Å². The van der Waals surface area contributed by atoms with E-state index < -0.39 is 11.5 Å². The molecule has 116 valence electrons. The van der Waals surface area contributed by atoms with Gasteiger partial charge in [0.05, 0.1) is 0 Å². The van der Waals surface area contributed by atoms with Crippen LogP contribution < -0.4 is 5.32 Å². The SMILES string of the molecule is CNC(CCN1CCC(C)CC1)(C(=O)O)c1ccccc1. The van der Waals surface area contributed by atoms with Gasteiger partial charge in [0.2, 0.25) is 0 Å². The number of rotatable bonds is 6. The first-order valence-corrected chi connectivity index (χ1v) is 7.78. The average molecular weight is 290 g/mol. The molecule has 0 amide bonds. The van der Waals surface area contributed by atoms with Gasteiger partial charge in [-0.15, -0.1) is 0 Å². The van der Waals surface area contributed by atoms with E-state index in [9.17, 15) is 9.90 Å². The lowest BCUT2D eigenvalue weighted by Crippen LogP contribution is -2.50. The molecule has 1 fully saturated rings. The number of likely N-dealkylation sites (N-methyl/N-ethyl adjacent to an activating group) is 1. The van der Waals surface area contributed by atoms with Crippen LogP contribution in [0.1, 0.15) is 31.7 Å². The molecule has 1 aliphatic heterocycles. The largest absolute Gasteiger partial charge is 0.480 e. The maximum Gasteiger partial charge on any atom is 0.328 e. The molecular formula is C17H26N2O2. The summed E-state index contributed by atoms with van der Waals surface area (Å²) in [5.41, 5.74) is -0.171. The van der Waals surface area contributed by atoms with Crippen molar-refractivity contribution in [1.82, 2.24) is 10.2 Å². The first-order valence-electron chi connectivity index (χ1n) is 7.78. The van der Waals surface area contributed by atoms with Gasteiger partial charge < -0.3 is 15.3 Å². The highest BCUT2D eigenvalue weighted by Gasteiger charge is 2.39. The Hall–Kier alpha value is -1.39. The van der Waals surface area contributed by atoms with Gasteiger partial charge in [0.15, 0.2) is 0 Å². The number of aliphatic carboxylic acids is 1. The first kappa shape index (κ1) is 16.0. The number of piperidine rings is 1. The van der Waals surface area contributed by atoms with Crippen LogP contribution in [0.15, 0.2) is 30.3 Å². The normalized spacial score (nSPS) is 20.1. The second kappa shape index (κ2) is 7.05. The van der Waals surface area contributed by atoms with Crippen molar-refractivity contribution in [3.63, 3.8) is 0 Å². The van der Waals surface area contributed by atoms with Gasteiger partial charge in [0.1, 0.15) is 5.54 Å². The minimum atomic E-state index is -0.996. The molecule has 0 saturated carbocycles. The fourth-order valence-corrected chi connectivity index (χ4v) is 3.09. The van der Waals surface area contributed by atoms with Gasteiger partial charge in [-0.2, -0.15) is 0 Å². The predicted octanol–water partition coefficient (Wildman–Crippen LogP) is 2.31. The molecular weight excluding hydrogens is 264 g/mol. The molecule has 2 N–H and O–H groups in total. The lowest BCUT2D eigenvalue weighted by atomic mass is 9.86. The smallest absolute Gasteiger partial charge is 0.328 e. The van der Waals surface area contributed by atoms with Crippen molar-refractivity contribution in [1.29, 1.82) is 0 Å². The summed E-state index contributed by atoms with van der Waals surface area (Å²) in [6.07, 6.45) is 3.01. The predicted molar refractivity (Wildman–Crippen MR) is 84.3 cm³/mol. The van der Waals surface area contributed by atoms with Crippen LogP contribution in [0.2, 0.25) is 0 Å². The Labute approximate surface area is 127 Å². The molecule has 4 heteroatoms. The van der Waals surface area contributed by atoms with Gasteiger partial charge >= 0.3 is 5.97 Å². The maximum absolute atomic E-state index is 11.9. The summed E-state index contributed by atoms with van der Waals surface area (Å²) in [5.74, 6) is -0.00881. The summed E-state index contributed by atoms with van der Waals surface area (Å²) >= 11 is 0. The number of hydrogen-bond donors (Lipinski definition) is 2. The van der Waals surface area contributed by atoms with Crippen LogP contribution in [0, 0.1) is 5.92 Å². The number of hydrogen-bond acceptors (Lipinski definition) is 3. The van der Waals surface area contributed by atoms with Gasteiger partial charge in [-0.25, -0.2) is 4.79 Å². The molecule has 1 heterocycles. The molecule has 1 atom stereocenters. The highest BCUT2D eigenvalue weighted by molar-refractivity contribution is 5.80. The summed E-state index contributed by atoms with van der Waals surface area (Å²) in [6.45, 7) is 5.26. The summed E-state index contributed by atoms with van der Waals surface area (Å²) in [6, 6.07) is 9.49. The summed E-state index contributed by atoms with van der Waals surface area (Å²) in [4.78, 5) is 14.3. The van der Waals surface area contributed by atoms with Crippen LogP contribution >= 0.6 is 0 Å². The Morgan fingerprint density at radius 1 is 1.33 bits per heavy atom. The molecule has 0 aromatic heterocycles. The zero-order valence-electron chi connectivity index (χ0n) is 13.0. The Kier molecular flexibility index (Phi) is 5.37. The van der Waals surface area contributed by atoms with Gasteiger partial charge in [-0.3, -0.25) is 0 Å². The molecule has 1 aromatic carbocycles. The van der Waals surface area contributed by atoms with Crippen molar-refractivity contribution in [2.75, 3.05) is 26.7 Å². The topological polar surface area (TPSA) is 52.6 Å². The van der Waals surface area contributed by atoms with Crippen LogP contribution in [0.4, 0.5) is 0 Å². The summed E-state index contributed by atoms with van der Waals surface area (Å²) < 4.78 is 0. The number of nitrogens with one attached hydrogen (secondary N) is 1. The molecule has 1 saturated heterocycles. The Morgan fingerprint density at radius 3 is 2.48 bits per heavy atom. The second-order valence-corrected chi connectivity index (χ2v) is 6.10. The minimum Gasteiger partial charge on any atom is -0.480 e. The maximum atomic E-state index is 11.9. The van der Waals surface area contributed by atoms with E-state index in [1.54, 1.807) is 7.05 Å². The van der Waals surface area contributed by atoms with Gasteiger partial charge in [-0.1, -0.05) is 37.3 Å². The molecule has 1 aromatic rings. The average Bonchev–Trinajstić information content (AvgIpc) is 2.51. The standard InChI is InChI=1S/C17H26N2O2/c1-14-8-11-19(12-9-14)13-10-17(18-2,16(20)21)15-6-4-3-5-7-15/h3-7,14,18H,8-13H2,1-2H3,(H,20,21). The zero-order chi connectivity index (χ0) is 15.3.